The maximum Gasteiger partial charge on any atom is 0.320 e. The van der Waals surface area contributed by atoms with Gasteiger partial charge in [0, 0.05) is 39.6 Å². The minimum absolute atomic E-state index is 0.0236. The maximum absolute atomic E-state index is 14.4. The second kappa shape index (κ2) is 9.29. The summed E-state index contributed by atoms with van der Waals surface area (Å²) < 4.78 is 30.4. The molecule has 194 valence electrons. The van der Waals surface area contributed by atoms with Crippen LogP contribution < -0.4 is 4.90 Å². The molecule has 0 aromatic carbocycles. The second-order valence-corrected chi connectivity index (χ2v) is 10.3. The first-order valence-corrected chi connectivity index (χ1v) is 12.3. The lowest BCUT2D eigenvalue weighted by Crippen LogP contribution is -2.48. The highest BCUT2D eigenvalue weighted by Crippen LogP contribution is 2.36. The molecular formula is C24H31F2N7O3. The number of carbonyl (C=O) groups is 2. The van der Waals surface area contributed by atoms with Crippen molar-refractivity contribution in [2.24, 2.45) is 18.9 Å². The SMILES string of the molecule is Cc1nc(-c2nnn(C)c2CN2CCN(CC3CC3)C2=O)ccc1N1C[C@@H](CC(=O)O)CC(F)(F)C1. The minimum Gasteiger partial charge on any atom is -0.481 e. The highest BCUT2D eigenvalue weighted by atomic mass is 19.3. The lowest BCUT2D eigenvalue weighted by molar-refractivity contribution is -0.139. The molecule has 5 rings (SSSR count). The molecule has 10 nitrogen and oxygen atoms in total. The van der Waals surface area contributed by atoms with Crippen LogP contribution in [0.2, 0.25) is 0 Å². The van der Waals surface area contributed by atoms with Crippen LogP contribution >= 0.6 is 0 Å². The van der Waals surface area contributed by atoms with Crippen LogP contribution in [0.15, 0.2) is 12.1 Å². The van der Waals surface area contributed by atoms with Gasteiger partial charge in [0.15, 0.2) is 0 Å². The molecule has 1 saturated carbocycles. The predicted molar refractivity (Wildman–Crippen MR) is 127 cm³/mol. The number of halogens is 2. The van der Waals surface area contributed by atoms with E-state index in [-0.39, 0.29) is 19.0 Å². The Labute approximate surface area is 207 Å². The summed E-state index contributed by atoms with van der Waals surface area (Å²) >= 11 is 0. The number of alkyl halides is 2. The van der Waals surface area contributed by atoms with E-state index >= 15 is 0 Å². The van der Waals surface area contributed by atoms with Crippen LogP contribution in [0.1, 0.15) is 37.1 Å². The van der Waals surface area contributed by atoms with Crippen molar-refractivity contribution in [3.63, 3.8) is 0 Å². The molecule has 1 N–H and O–H groups in total. The minimum atomic E-state index is -2.97. The summed E-state index contributed by atoms with van der Waals surface area (Å²) in [4.78, 5) is 33.9. The molecule has 2 saturated heterocycles. The quantitative estimate of drug-likeness (QED) is 0.590. The van der Waals surface area contributed by atoms with E-state index in [2.05, 4.69) is 15.3 Å². The van der Waals surface area contributed by atoms with E-state index in [1.165, 1.54) is 17.7 Å². The van der Waals surface area contributed by atoms with E-state index in [1.807, 2.05) is 4.90 Å². The third-order valence-corrected chi connectivity index (χ3v) is 7.23. The van der Waals surface area contributed by atoms with Gasteiger partial charge >= 0.3 is 12.0 Å². The summed E-state index contributed by atoms with van der Waals surface area (Å²) in [5.74, 6) is -4.07. The molecule has 0 bridgehead atoms. The molecule has 0 radical (unpaired) electrons. The molecule has 3 fully saturated rings. The monoisotopic (exact) mass is 503 g/mol. The summed E-state index contributed by atoms with van der Waals surface area (Å²) in [5, 5.41) is 17.5. The zero-order chi connectivity index (χ0) is 25.6. The molecule has 0 unspecified atom stereocenters. The van der Waals surface area contributed by atoms with Gasteiger partial charge in [0.05, 0.1) is 42.3 Å². The number of rotatable bonds is 8. The average molecular weight is 504 g/mol. The summed E-state index contributed by atoms with van der Waals surface area (Å²) in [6.07, 6.45) is 1.65. The Bertz CT molecular complexity index is 1170. The van der Waals surface area contributed by atoms with Crippen molar-refractivity contribution in [2.45, 2.75) is 45.1 Å². The maximum atomic E-state index is 14.4. The summed E-state index contributed by atoms with van der Waals surface area (Å²) in [5.41, 5.74) is 2.94. The Hall–Kier alpha value is -3.31. The van der Waals surface area contributed by atoms with Gasteiger partial charge in [-0.3, -0.25) is 4.79 Å². The highest BCUT2D eigenvalue weighted by Gasteiger charge is 2.41. The van der Waals surface area contributed by atoms with Gasteiger partial charge in [0.2, 0.25) is 0 Å². The fraction of sp³-hybridized carbons (Fsp3) is 0.625. The molecule has 0 spiro atoms. The average Bonchev–Trinajstić information content (AvgIpc) is 3.45. The van der Waals surface area contributed by atoms with Gasteiger partial charge < -0.3 is 19.8 Å². The number of hydrogen-bond donors (Lipinski definition) is 1. The number of nitrogens with zero attached hydrogens (tertiary/aromatic N) is 7. The smallest absolute Gasteiger partial charge is 0.320 e. The second-order valence-electron chi connectivity index (χ2n) is 10.3. The van der Waals surface area contributed by atoms with Gasteiger partial charge in [-0.2, -0.15) is 0 Å². The number of hydrogen-bond acceptors (Lipinski definition) is 6. The van der Waals surface area contributed by atoms with Gasteiger partial charge in [-0.15, -0.1) is 5.10 Å². The van der Waals surface area contributed by atoms with E-state index in [1.54, 1.807) is 35.7 Å². The topological polar surface area (TPSA) is 108 Å². The molecule has 36 heavy (non-hydrogen) atoms. The first-order valence-electron chi connectivity index (χ1n) is 12.3. The van der Waals surface area contributed by atoms with Crippen LogP contribution in [0.5, 0.6) is 0 Å². The molecule has 2 aromatic rings. The van der Waals surface area contributed by atoms with Crippen molar-refractivity contribution >= 4 is 17.7 Å². The predicted octanol–water partition coefficient (Wildman–Crippen LogP) is 2.77. The van der Waals surface area contributed by atoms with Crippen molar-refractivity contribution in [3.8, 4) is 11.4 Å². The fourth-order valence-electron chi connectivity index (χ4n) is 5.29. The standard InChI is InChI=1S/C24H31F2N7O3/c1-15-19(33-12-17(9-21(34)35)10-24(25,26)14-33)6-5-18(27-15)22-20(30(2)29-28-22)13-32-8-7-31(23(32)36)11-16-3-4-16/h5-6,16-17H,3-4,7-14H2,1-2H3,(H,34,35)/t17-/m0/s1. The summed E-state index contributed by atoms with van der Waals surface area (Å²) in [6.45, 7) is 4.03. The number of aliphatic carboxylic acids is 1. The number of carboxylic acid groups (broad SMARTS) is 1. The number of pyridine rings is 1. The summed E-state index contributed by atoms with van der Waals surface area (Å²) in [6, 6.07) is 3.48. The molecular weight excluding hydrogens is 472 g/mol. The number of amides is 2. The van der Waals surface area contributed by atoms with Gasteiger partial charge in [0.1, 0.15) is 5.69 Å². The third kappa shape index (κ3) is 5.12. The van der Waals surface area contributed by atoms with Crippen molar-refractivity contribution < 1.29 is 23.5 Å². The Balaban J connectivity index is 1.34. The number of urea groups is 1. The van der Waals surface area contributed by atoms with Gasteiger partial charge in [-0.1, -0.05) is 5.21 Å². The molecule has 2 aromatic heterocycles. The zero-order valence-electron chi connectivity index (χ0n) is 20.5. The molecule has 2 aliphatic heterocycles. The van der Waals surface area contributed by atoms with Crippen LogP contribution in [0, 0.1) is 18.8 Å². The first-order chi connectivity index (χ1) is 17.1. The van der Waals surface area contributed by atoms with Gasteiger partial charge in [0.25, 0.3) is 5.92 Å². The number of carbonyl (C=O) groups excluding carboxylic acids is 1. The van der Waals surface area contributed by atoms with E-state index in [4.69, 9.17) is 5.11 Å². The third-order valence-electron chi connectivity index (χ3n) is 7.23. The van der Waals surface area contributed by atoms with Crippen LogP contribution in [0.25, 0.3) is 11.4 Å². The Morgan fingerprint density at radius 1 is 1.19 bits per heavy atom. The number of piperidine rings is 1. The number of anilines is 1. The lowest BCUT2D eigenvalue weighted by Gasteiger charge is -2.39. The Kier molecular flexibility index (Phi) is 6.29. The van der Waals surface area contributed by atoms with E-state index in [0.717, 1.165) is 12.2 Å². The lowest BCUT2D eigenvalue weighted by atomic mass is 9.92. The highest BCUT2D eigenvalue weighted by molar-refractivity contribution is 5.77. The largest absolute Gasteiger partial charge is 0.481 e. The molecule has 1 aliphatic carbocycles. The van der Waals surface area contributed by atoms with Crippen molar-refractivity contribution in [1.82, 2.24) is 29.8 Å². The van der Waals surface area contributed by atoms with Gasteiger partial charge in [-0.25, -0.2) is 23.2 Å². The van der Waals surface area contributed by atoms with Gasteiger partial charge in [-0.05, 0) is 43.7 Å². The van der Waals surface area contributed by atoms with Crippen molar-refractivity contribution in [1.29, 1.82) is 0 Å². The number of aryl methyl sites for hydroxylation is 2. The Morgan fingerprint density at radius 2 is 1.94 bits per heavy atom. The molecule has 3 aliphatic rings. The normalized spacial score (nSPS) is 21.9. The molecule has 2 amide bonds. The van der Waals surface area contributed by atoms with Crippen LogP contribution in [-0.4, -0.2) is 85.5 Å². The fourth-order valence-corrected chi connectivity index (χ4v) is 5.29. The zero-order valence-corrected chi connectivity index (χ0v) is 20.5. The van der Waals surface area contributed by atoms with E-state index in [9.17, 15) is 18.4 Å². The van der Waals surface area contributed by atoms with Crippen molar-refractivity contribution in [2.75, 3.05) is 37.6 Å². The van der Waals surface area contributed by atoms with Crippen molar-refractivity contribution in [3.05, 3.63) is 23.5 Å². The Morgan fingerprint density at radius 3 is 2.64 bits per heavy atom. The first kappa shape index (κ1) is 24.4. The summed E-state index contributed by atoms with van der Waals surface area (Å²) in [7, 11) is 1.77. The van der Waals surface area contributed by atoms with Crippen LogP contribution in [-0.2, 0) is 18.4 Å². The van der Waals surface area contributed by atoms with Crippen LogP contribution in [0.3, 0.4) is 0 Å². The van der Waals surface area contributed by atoms with E-state index in [0.29, 0.717) is 48.3 Å². The number of aromatic nitrogens is 4. The molecule has 1 atom stereocenters. The molecule has 12 heteroatoms. The van der Waals surface area contributed by atoms with E-state index < -0.39 is 30.8 Å². The molecule has 4 heterocycles. The van der Waals surface area contributed by atoms with Crippen LogP contribution in [0.4, 0.5) is 19.3 Å². The number of carboxylic acids is 1.